The van der Waals surface area contributed by atoms with Gasteiger partial charge in [0, 0.05) is 11.9 Å². The molecule has 1 N–H and O–H groups in total. The molecule has 0 bridgehead atoms. The molecule has 0 radical (unpaired) electrons. The van der Waals surface area contributed by atoms with Gasteiger partial charge in [0.25, 0.3) is 0 Å². The molecular formula is C15H19N7S. The van der Waals surface area contributed by atoms with Crippen molar-refractivity contribution in [2.45, 2.75) is 39.7 Å². The average Bonchev–Trinajstić information content (AvgIpc) is 3.27. The topological polar surface area (TPSA) is 75.5 Å². The second-order valence-electron chi connectivity index (χ2n) is 5.75. The van der Waals surface area contributed by atoms with Crippen LogP contribution < -0.4 is 4.90 Å². The van der Waals surface area contributed by atoms with Crippen molar-refractivity contribution in [2.24, 2.45) is 0 Å². The molecule has 120 valence electrons. The van der Waals surface area contributed by atoms with Crippen LogP contribution in [0.3, 0.4) is 0 Å². The van der Waals surface area contributed by atoms with E-state index in [2.05, 4.69) is 36.6 Å². The molecule has 0 spiro atoms. The van der Waals surface area contributed by atoms with Gasteiger partial charge in [-0.15, -0.1) is 21.5 Å². The summed E-state index contributed by atoms with van der Waals surface area (Å²) in [7, 11) is 0. The van der Waals surface area contributed by atoms with Crippen LogP contribution in [0, 0.1) is 6.92 Å². The molecule has 23 heavy (non-hydrogen) atoms. The van der Waals surface area contributed by atoms with Crippen LogP contribution in [0.15, 0.2) is 10.9 Å². The molecule has 8 heteroatoms. The molecule has 0 amide bonds. The van der Waals surface area contributed by atoms with E-state index in [1.165, 1.54) is 12.8 Å². The van der Waals surface area contributed by atoms with Crippen molar-refractivity contribution < 1.29 is 0 Å². The van der Waals surface area contributed by atoms with Crippen molar-refractivity contribution in [1.82, 2.24) is 29.7 Å². The number of anilines is 2. The molecule has 7 nitrogen and oxygen atoms in total. The summed E-state index contributed by atoms with van der Waals surface area (Å²) in [6, 6.07) is 0. The number of hydrogen-bond acceptors (Lipinski definition) is 6. The summed E-state index contributed by atoms with van der Waals surface area (Å²) in [4.78, 5) is 14.8. The molecule has 0 saturated heterocycles. The van der Waals surface area contributed by atoms with E-state index in [-0.39, 0.29) is 0 Å². The molecule has 0 aliphatic carbocycles. The lowest BCUT2D eigenvalue weighted by Gasteiger charge is -2.27. The lowest BCUT2D eigenvalue weighted by molar-refractivity contribution is 0.659. The lowest BCUT2D eigenvalue weighted by atomic mass is 10.2. The predicted molar refractivity (Wildman–Crippen MR) is 90.1 cm³/mol. The Kier molecular flexibility index (Phi) is 3.60. The van der Waals surface area contributed by atoms with Gasteiger partial charge < -0.3 is 4.98 Å². The molecular weight excluding hydrogens is 310 g/mol. The summed E-state index contributed by atoms with van der Waals surface area (Å²) < 4.78 is 2.14. The van der Waals surface area contributed by atoms with Gasteiger partial charge in [-0.05, 0) is 13.3 Å². The van der Waals surface area contributed by atoms with E-state index >= 15 is 0 Å². The third-order valence-corrected chi connectivity index (χ3v) is 4.73. The fourth-order valence-electron chi connectivity index (χ4n) is 2.92. The van der Waals surface area contributed by atoms with Crippen LogP contribution in [0.5, 0.6) is 0 Å². The van der Waals surface area contributed by atoms with Gasteiger partial charge in [-0.2, -0.15) is 0 Å². The Morgan fingerprint density at radius 2 is 2.22 bits per heavy atom. The van der Waals surface area contributed by atoms with Crippen molar-refractivity contribution in [1.29, 1.82) is 0 Å². The second kappa shape index (κ2) is 5.77. The van der Waals surface area contributed by atoms with Gasteiger partial charge >= 0.3 is 0 Å². The molecule has 3 aromatic heterocycles. The highest BCUT2D eigenvalue weighted by molar-refractivity contribution is 7.07. The lowest BCUT2D eigenvalue weighted by Crippen LogP contribution is -2.28. The van der Waals surface area contributed by atoms with Crippen LogP contribution in [-0.2, 0) is 6.54 Å². The summed E-state index contributed by atoms with van der Waals surface area (Å²) >= 11 is 1.58. The largest absolute Gasteiger partial charge is 0.337 e. The number of unbranched alkanes of at least 4 members (excludes halogenated alkanes) is 2. The first kappa shape index (κ1) is 14.4. The number of rotatable bonds is 5. The van der Waals surface area contributed by atoms with Gasteiger partial charge in [0.15, 0.2) is 11.6 Å². The van der Waals surface area contributed by atoms with E-state index < -0.39 is 0 Å². The van der Waals surface area contributed by atoms with Crippen LogP contribution in [0.25, 0.3) is 11.5 Å². The molecule has 0 atom stereocenters. The molecule has 0 aromatic carbocycles. The number of nitrogens with zero attached hydrogens (tertiary/aromatic N) is 6. The van der Waals surface area contributed by atoms with Crippen LogP contribution in [0.1, 0.15) is 37.7 Å². The smallest absolute Gasteiger partial charge is 0.233 e. The highest BCUT2D eigenvalue weighted by Gasteiger charge is 2.29. The van der Waals surface area contributed by atoms with Crippen molar-refractivity contribution >= 4 is 23.1 Å². The standard InChI is InChI=1S/C15H19N7S/c1-3-4-5-6-21-14-11(7-22-10(2)19-20-15(21)22)17-13(18-14)12-8-23-9-16-12/h8-9H,3-7H2,1-2H3,(H,17,18). The van der Waals surface area contributed by atoms with Crippen molar-refractivity contribution in [3.63, 3.8) is 0 Å². The SMILES string of the molecule is CCCCCN1c2nc(-c3cscn3)[nH]c2Cn2c(C)nnc21. The van der Waals surface area contributed by atoms with Crippen molar-refractivity contribution in [2.75, 3.05) is 11.4 Å². The monoisotopic (exact) mass is 329 g/mol. The van der Waals surface area contributed by atoms with Crippen LogP contribution in [-0.4, -0.2) is 36.3 Å². The molecule has 0 fully saturated rings. The molecule has 4 heterocycles. The Balaban J connectivity index is 1.73. The Morgan fingerprint density at radius 3 is 3.00 bits per heavy atom. The van der Waals surface area contributed by atoms with Crippen molar-refractivity contribution in [3.05, 3.63) is 22.4 Å². The zero-order valence-corrected chi connectivity index (χ0v) is 14.1. The van der Waals surface area contributed by atoms with Gasteiger partial charge in [0.1, 0.15) is 11.5 Å². The Bertz CT molecular complexity index is 802. The van der Waals surface area contributed by atoms with E-state index in [1.54, 1.807) is 11.3 Å². The van der Waals surface area contributed by atoms with E-state index in [9.17, 15) is 0 Å². The Labute approximate surface area is 138 Å². The normalized spacial score (nSPS) is 13.2. The maximum Gasteiger partial charge on any atom is 0.233 e. The average molecular weight is 329 g/mol. The van der Waals surface area contributed by atoms with Gasteiger partial charge in [0.05, 0.1) is 17.7 Å². The van der Waals surface area contributed by atoms with E-state index in [0.717, 1.165) is 54.3 Å². The molecule has 0 saturated carbocycles. The number of aromatic nitrogens is 6. The minimum atomic E-state index is 0.727. The number of imidazole rings is 1. The van der Waals surface area contributed by atoms with Gasteiger partial charge in [0.2, 0.25) is 5.95 Å². The molecule has 1 aliphatic heterocycles. The number of fused-ring (bicyclic) bond motifs is 2. The fourth-order valence-corrected chi connectivity index (χ4v) is 3.45. The Morgan fingerprint density at radius 1 is 1.30 bits per heavy atom. The maximum absolute atomic E-state index is 4.79. The summed E-state index contributed by atoms with van der Waals surface area (Å²) in [6.07, 6.45) is 3.50. The van der Waals surface area contributed by atoms with Gasteiger partial charge in [-0.25, -0.2) is 9.97 Å². The highest BCUT2D eigenvalue weighted by atomic mass is 32.1. The summed E-state index contributed by atoms with van der Waals surface area (Å²) in [5, 5.41) is 10.6. The van der Waals surface area contributed by atoms with E-state index in [4.69, 9.17) is 4.98 Å². The number of thiazole rings is 1. The van der Waals surface area contributed by atoms with Gasteiger partial charge in [-0.3, -0.25) is 9.47 Å². The number of nitrogens with one attached hydrogen (secondary N) is 1. The summed E-state index contributed by atoms with van der Waals surface area (Å²) in [5.74, 6) is 3.61. The third kappa shape index (κ3) is 2.42. The maximum atomic E-state index is 4.79. The first-order valence-corrected chi connectivity index (χ1v) is 8.87. The van der Waals surface area contributed by atoms with Crippen LogP contribution >= 0.6 is 11.3 Å². The number of aryl methyl sites for hydroxylation is 1. The minimum Gasteiger partial charge on any atom is -0.337 e. The minimum absolute atomic E-state index is 0.727. The first-order chi connectivity index (χ1) is 11.3. The molecule has 1 aliphatic rings. The molecule has 4 rings (SSSR count). The van der Waals surface area contributed by atoms with E-state index in [0.29, 0.717) is 0 Å². The zero-order valence-electron chi connectivity index (χ0n) is 13.3. The van der Waals surface area contributed by atoms with E-state index in [1.807, 2.05) is 17.8 Å². The predicted octanol–water partition coefficient (Wildman–Crippen LogP) is 3.12. The quantitative estimate of drug-likeness (QED) is 0.728. The second-order valence-corrected chi connectivity index (χ2v) is 6.47. The van der Waals surface area contributed by atoms with Gasteiger partial charge in [-0.1, -0.05) is 19.8 Å². The van der Waals surface area contributed by atoms with Crippen LogP contribution in [0.4, 0.5) is 11.8 Å². The fraction of sp³-hybridized carbons (Fsp3) is 0.467. The summed E-state index contributed by atoms with van der Waals surface area (Å²) in [6.45, 7) is 5.83. The molecule has 0 unspecified atom stereocenters. The zero-order chi connectivity index (χ0) is 15.8. The highest BCUT2D eigenvalue weighted by Crippen LogP contribution is 2.34. The third-order valence-electron chi connectivity index (χ3n) is 4.15. The summed E-state index contributed by atoms with van der Waals surface area (Å²) in [5.41, 5.74) is 3.82. The van der Waals surface area contributed by atoms with Crippen molar-refractivity contribution in [3.8, 4) is 11.5 Å². The Hall–Kier alpha value is -2.22. The number of H-pyrrole nitrogens is 1. The van der Waals surface area contributed by atoms with Crippen LogP contribution in [0.2, 0.25) is 0 Å². The molecule has 3 aromatic rings. The number of aromatic amines is 1. The number of hydrogen-bond donors (Lipinski definition) is 1. The first-order valence-electron chi connectivity index (χ1n) is 7.92.